The molecule has 2 rings (SSSR count). The van der Waals surface area contributed by atoms with Crippen LogP contribution in [0.1, 0.15) is 61.4 Å². The summed E-state index contributed by atoms with van der Waals surface area (Å²) < 4.78 is 13.8. The molecular weight excluding hydrogens is 267 g/mol. The molecule has 1 amide bonds. The minimum absolute atomic E-state index is 0.286. The number of amides is 1. The SMILES string of the molecule is CCC(NCc1cc(C(N)=O)ccc1F)C1CCCCC1. The number of rotatable bonds is 6. The lowest BCUT2D eigenvalue weighted by atomic mass is 9.83. The number of primary amides is 1. The number of nitrogens with one attached hydrogen (secondary N) is 1. The van der Waals surface area contributed by atoms with E-state index in [4.69, 9.17) is 5.73 Å². The van der Waals surface area contributed by atoms with E-state index in [0.717, 1.165) is 6.42 Å². The zero-order valence-electron chi connectivity index (χ0n) is 12.7. The normalized spacial score (nSPS) is 17.6. The second kappa shape index (κ2) is 7.55. The van der Waals surface area contributed by atoms with Crippen LogP contribution in [0.3, 0.4) is 0 Å². The molecule has 0 heterocycles. The predicted molar refractivity (Wildman–Crippen MR) is 82.4 cm³/mol. The quantitative estimate of drug-likeness (QED) is 0.844. The molecule has 0 aromatic heterocycles. The van der Waals surface area contributed by atoms with Gasteiger partial charge in [0.15, 0.2) is 0 Å². The van der Waals surface area contributed by atoms with Gasteiger partial charge in [0.05, 0.1) is 0 Å². The Balaban J connectivity index is 2.00. The molecule has 1 aromatic carbocycles. The molecule has 0 bridgehead atoms. The highest BCUT2D eigenvalue weighted by molar-refractivity contribution is 5.92. The van der Waals surface area contributed by atoms with Crippen molar-refractivity contribution in [2.45, 2.75) is 58.0 Å². The first kappa shape index (κ1) is 16.0. The molecule has 116 valence electrons. The van der Waals surface area contributed by atoms with Gasteiger partial charge in [0.2, 0.25) is 5.91 Å². The van der Waals surface area contributed by atoms with Gasteiger partial charge in [-0.1, -0.05) is 26.2 Å². The van der Waals surface area contributed by atoms with Crippen LogP contribution in [-0.4, -0.2) is 11.9 Å². The smallest absolute Gasteiger partial charge is 0.248 e. The summed E-state index contributed by atoms with van der Waals surface area (Å²) in [6.07, 6.45) is 7.50. The molecule has 1 atom stereocenters. The van der Waals surface area contributed by atoms with Gasteiger partial charge in [-0.25, -0.2) is 4.39 Å². The second-order valence-electron chi connectivity index (χ2n) is 5.96. The van der Waals surface area contributed by atoms with Crippen LogP contribution < -0.4 is 11.1 Å². The highest BCUT2D eigenvalue weighted by Crippen LogP contribution is 2.28. The number of carbonyl (C=O) groups excluding carboxylic acids is 1. The van der Waals surface area contributed by atoms with Crippen LogP contribution in [0.25, 0.3) is 0 Å². The number of hydrogen-bond acceptors (Lipinski definition) is 2. The third-order valence-electron chi connectivity index (χ3n) is 4.54. The van der Waals surface area contributed by atoms with E-state index < -0.39 is 5.91 Å². The van der Waals surface area contributed by atoms with Gasteiger partial charge in [-0.2, -0.15) is 0 Å². The molecule has 1 aromatic rings. The summed E-state index contributed by atoms with van der Waals surface area (Å²) in [4.78, 5) is 11.2. The average molecular weight is 292 g/mol. The summed E-state index contributed by atoms with van der Waals surface area (Å²) >= 11 is 0. The van der Waals surface area contributed by atoms with E-state index in [9.17, 15) is 9.18 Å². The van der Waals surface area contributed by atoms with Crippen LogP contribution in [0.4, 0.5) is 4.39 Å². The summed E-state index contributed by atoms with van der Waals surface area (Å²) in [5.74, 6) is -0.118. The van der Waals surface area contributed by atoms with Crippen LogP contribution in [0, 0.1) is 11.7 Å². The first-order chi connectivity index (χ1) is 10.1. The number of benzene rings is 1. The van der Waals surface area contributed by atoms with Crippen molar-refractivity contribution in [3.8, 4) is 0 Å². The van der Waals surface area contributed by atoms with E-state index in [0.29, 0.717) is 29.6 Å². The average Bonchev–Trinajstić information content (AvgIpc) is 2.50. The highest BCUT2D eigenvalue weighted by Gasteiger charge is 2.22. The first-order valence-corrected chi connectivity index (χ1v) is 7.93. The molecule has 0 aliphatic heterocycles. The van der Waals surface area contributed by atoms with Crippen molar-refractivity contribution in [3.05, 3.63) is 35.1 Å². The number of carbonyl (C=O) groups is 1. The van der Waals surface area contributed by atoms with Gasteiger partial charge >= 0.3 is 0 Å². The van der Waals surface area contributed by atoms with Gasteiger partial charge in [0.1, 0.15) is 5.82 Å². The summed E-state index contributed by atoms with van der Waals surface area (Å²) in [6.45, 7) is 2.62. The Hall–Kier alpha value is -1.42. The van der Waals surface area contributed by atoms with Gasteiger partial charge in [0.25, 0.3) is 0 Å². The van der Waals surface area contributed by atoms with E-state index in [1.807, 2.05) is 0 Å². The molecule has 1 saturated carbocycles. The van der Waals surface area contributed by atoms with Gasteiger partial charge < -0.3 is 11.1 Å². The molecule has 1 aliphatic carbocycles. The standard InChI is InChI=1S/C17H25FN2O/c1-2-16(12-6-4-3-5-7-12)20-11-14-10-13(17(19)21)8-9-15(14)18/h8-10,12,16,20H,2-7,11H2,1H3,(H2,19,21). The largest absolute Gasteiger partial charge is 0.366 e. The Morgan fingerprint density at radius 3 is 2.71 bits per heavy atom. The molecule has 21 heavy (non-hydrogen) atoms. The van der Waals surface area contributed by atoms with Gasteiger partial charge in [-0.15, -0.1) is 0 Å². The molecule has 1 unspecified atom stereocenters. The van der Waals surface area contributed by atoms with Crippen molar-refractivity contribution in [1.82, 2.24) is 5.32 Å². The van der Waals surface area contributed by atoms with E-state index in [2.05, 4.69) is 12.2 Å². The fourth-order valence-electron chi connectivity index (χ4n) is 3.29. The van der Waals surface area contributed by atoms with Crippen molar-refractivity contribution in [2.24, 2.45) is 11.7 Å². The van der Waals surface area contributed by atoms with Gasteiger partial charge in [-0.05, 0) is 43.4 Å². The molecule has 3 nitrogen and oxygen atoms in total. The minimum Gasteiger partial charge on any atom is -0.366 e. The predicted octanol–water partition coefficient (Wildman–Crippen LogP) is 3.37. The highest BCUT2D eigenvalue weighted by atomic mass is 19.1. The summed E-state index contributed by atoms with van der Waals surface area (Å²) in [5.41, 5.74) is 6.12. The lowest BCUT2D eigenvalue weighted by molar-refractivity contribution is 0.1000. The van der Waals surface area contributed by atoms with Crippen LogP contribution >= 0.6 is 0 Å². The molecule has 0 saturated heterocycles. The number of nitrogens with two attached hydrogens (primary N) is 1. The maximum absolute atomic E-state index is 13.8. The van der Waals surface area contributed by atoms with Gasteiger partial charge in [-0.3, -0.25) is 4.79 Å². The summed E-state index contributed by atoms with van der Waals surface area (Å²) in [7, 11) is 0. The molecule has 4 heteroatoms. The maximum atomic E-state index is 13.8. The second-order valence-corrected chi connectivity index (χ2v) is 5.96. The number of hydrogen-bond donors (Lipinski definition) is 2. The van der Waals surface area contributed by atoms with Crippen molar-refractivity contribution in [2.75, 3.05) is 0 Å². The summed E-state index contributed by atoms with van der Waals surface area (Å²) in [5, 5.41) is 3.47. The van der Waals surface area contributed by atoms with Crippen molar-refractivity contribution in [3.63, 3.8) is 0 Å². The summed E-state index contributed by atoms with van der Waals surface area (Å²) in [6, 6.07) is 4.72. The van der Waals surface area contributed by atoms with Crippen LogP contribution in [0.15, 0.2) is 18.2 Å². The van der Waals surface area contributed by atoms with E-state index in [1.54, 1.807) is 6.07 Å². The van der Waals surface area contributed by atoms with Crippen LogP contribution in [-0.2, 0) is 6.54 Å². The fourth-order valence-corrected chi connectivity index (χ4v) is 3.29. The Morgan fingerprint density at radius 1 is 1.38 bits per heavy atom. The fraction of sp³-hybridized carbons (Fsp3) is 0.588. The molecule has 1 aliphatic rings. The Morgan fingerprint density at radius 2 is 2.10 bits per heavy atom. The third kappa shape index (κ3) is 4.27. The Kier molecular flexibility index (Phi) is 5.74. The molecule has 0 spiro atoms. The van der Waals surface area contributed by atoms with E-state index >= 15 is 0 Å². The van der Waals surface area contributed by atoms with Gasteiger partial charge in [0, 0.05) is 23.7 Å². The monoisotopic (exact) mass is 292 g/mol. The molecule has 1 fully saturated rings. The maximum Gasteiger partial charge on any atom is 0.248 e. The zero-order valence-corrected chi connectivity index (χ0v) is 12.7. The number of halogens is 1. The molecule has 3 N–H and O–H groups in total. The van der Waals surface area contributed by atoms with E-state index in [1.165, 1.54) is 44.2 Å². The lowest BCUT2D eigenvalue weighted by Crippen LogP contribution is -2.36. The molecular formula is C17H25FN2O. The first-order valence-electron chi connectivity index (χ1n) is 7.93. The Bertz CT molecular complexity index is 484. The van der Waals surface area contributed by atoms with Crippen molar-refractivity contribution < 1.29 is 9.18 Å². The Labute approximate surface area is 126 Å². The lowest BCUT2D eigenvalue weighted by Gasteiger charge is -2.30. The van der Waals surface area contributed by atoms with Crippen LogP contribution in [0.2, 0.25) is 0 Å². The topological polar surface area (TPSA) is 55.1 Å². The minimum atomic E-state index is -0.518. The van der Waals surface area contributed by atoms with Crippen LogP contribution in [0.5, 0.6) is 0 Å². The zero-order chi connectivity index (χ0) is 15.2. The third-order valence-corrected chi connectivity index (χ3v) is 4.54. The molecule has 0 radical (unpaired) electrons. The van der Waals surface area contributed by atoms with Crippen molar-refractivity contribution in [1.29, 1.82) is 0 Å². The van der Waals surface area contributed by atoms with Crippen molar-refractivity contribution >= 4 is 5.91 Å². The van der Waals surface area contributed by atoms with E-state index in [-0.39, 0.29) is 5.82 Å².